The zero-order chi connectivity index (χ0) is 13.1. The van der Waals surface area contributed by atoms with Gasteiger partial charge < -0.3 is 0 Å². The number of phenolic OH excluding ortho intramolecular Hbond substituents is 2. The number of nitrogen functional groups attached to an aromatic ring is 2. The van der Waals surface area contributed by atoms with Crippen LogP contribution in [0.3, 0.4) is 0 Å². The largest absolute Gasteiger partial charge is 0 e. The minimum Gasteiger partial charge on any atom is 0 e. The third-order valence-corrected chi connectivity index (χ3v) is 10.8. The Morgan fingerprint density at radius 2 is 1.05 bits per heavy atom. The predicted molar refractivity (Wildman–Crippen MR) is 90.3 cm³/mol. The average molecular weight is 547 g/mol. The Labute approximate surface area is 162 Å². The number of phenols is 2. The van der Waals surface area contributed by atoms with E-state index in [4.69, 9.17) is 11.5 Å². The Balaban J connectivity index is 0. The molecule has 0 aliphatic heterocycles. The molecular formula is C12H14AgAs2Cl2N2O2. The zero-order valence-corrected chi connectivity index (χ0v) is 17.4. The topological polar surface area (TPSA) is 92.5 Å². The van der Waals surface area contributed by atoms with E-state index in [2.05, 4.69) is 0 Å². The fourth-order valence-corrected chi connectivity index (χ4v) is 8.46. The van der Waals surface area contributed by atoms with Crippen LogP contribution < -0.4 is 20.2 Å². The van der Waals surface area contributed by atoms with Crippen molar-refractivity contribution in [2.24, 2.45) is 0 Å². The molecule has 1 radical (unpaired) electrons. The molecule has 2 rings (SSSR count). The van der Waals surface area contributed by atoms with Gasteiger partial charge in [0, 0.05) is 22.4 Å². The maximum absolute atomic E-state index is 9.34. The molecule has 0 unspecified atom stereocenters. The van der Waals surface area contributed by atoms with Crippen molar-refractivity contribution < 1.29 is 32.6 Å². The van der Waals surface area contributed by atoms with Crippen LogP contribution in [-0.2, 0) is 22.4 Å². The normalized spacial score (nSPS) is 9.33. The number of anilines is 2. The van der Waals surface area contributed by atoms with Crippen LogP contribution >= 0.6 is 24.8 Å². The maximum Gasteiger partial charge on any atom is 0 e. The van der Waals surface area contributed by atoms with Crippen LogP contribution in [0.25, 0.3) is 0 Å². The molecule has 0 atom stereocenters. The number of benzene rings is 2. The Kier molecular flexibility index (Phi) is 11.9. The van der Waals surface area contributed by atoms with Crippen molar-refractivity contribution in [3.63, 3.8) is 0 Å². The number of hydrogen-bond donors (Lipinski definition) is 4. The first kappa shape index (κ1) is 23.3. The van der Waals surface area contributed by atoms with Gasteiger partial charge in [-0.15, -0.1) is 24.8 Å². The van der Waals surface area contributed by atoms with Crippen molar-refractivity contribution in [3.05, 3.63) is 36.4 Å². The summed E-state index contributed by atoms with van der Waals surface area (Å²) in [6.07, 6.45) is 0. The second-order valence-electron chi connectivity index (χ2n) is 3.69. The maximum atomic E-state index is 9.34. The van der Waals surface area contributed by atoms with E-state index in [9.17, 15) is 10.2 Å². The molecule has 0 bridgehead atoms. The van der Waals surface area contributed by atoms with Crippen LogP contribution in [0.15, 0.2) is 36.4 Å². The first-order chi connectivity index (χ1) is 8.56. The monoisotopic (exact) mass is 545 g/mol. The van der Waals surface area contributed by atoms with E-state index >= 15 is 0 Å². The molecule has 9 heteroatoms. The summed E-state index contributed by atoms with van der Waals surface area (Å²) in [5, 5.41) is 18.7. The van der Waals surface area contributed by atoms with Gasteiger partial charge in [-0.3, -0.25) is 0 Å². The first-order valence-electron chi connectivity index (χ1n) is 5.15. The molecule has 0 heterocycles. The van der Waals surface area contributed by atoms with Gasteiger partial charge in [-0.2, -0.15) is 0 Å². The third-order valence-electron chi connectivity index (χ3n) is 2.30. The van der Waals surface area contributed by atoms with E-state index in [0.29, 0.717) is 11.4 Å². The van der Waals surface area contributed by atoms with Gasteiger partial charge in [-0.25, -0.2) is 0 Å². The smallest absolute Gasteiger partial charge is 0 e. The molecule has 6 N–H and O–H groups in total. The molecule has 0 saturated carbocycles. The molecule has 4 nitrogen and oxygen atoms in total. The second kappa shape index (κ2) is 10.7. The minimum absolute atomic E-state index is 0. The summed E-state index contributed by atoms with van der Waals surface area (Å²) in [4.78, 5) is 0. The number of aromatic hydroxyl groups is 2. The molecule has 2 aromatic carbocycles. The van der Waals surface area contributed by atoms with Gasteiger partial charge >= 0.3 is 116 Å². The molecule has 0 aliphatic rings. The summed E-state index contributed by atoms with van der Waals surface area (Å²) in [7, 11) is 0. The van der Waals surface area contributed by atoms with Gasteiger partial charge in [0.15, 0.2) is 0 Å². The second-order valence-corrected chi connectivity index (χ2v) is 11.1. The van der Waals surface area contributed by atoms with E-state index in [1.807, 2.05) is 24.3 Å². The van der Waals surface area contributed by atoms with Crippen LogP contribution in [0.1, 0.15) is 0 Å². The van der Waals surface area contributed by atoms with E-state index in [-0.39, 0.29) is 85.0 Å². The SMILES string of the molecule is Cl.Cl.Nc1cc([As]=[As]c2ccc(O)c(N)c2)ccc1O.[Ag]. The Morgan fingerprint density at radius 1 is 0.714 bits per heavy atom. The fraction of sp³-hybridized carbons (Fsp3) is 0. The van der Waals surface area contributed by atoms with Gasteiger partial charge in [-0.05, 0) is 0 Å². The molecule has 0 amide bonds. The van der Waals surface area contributed by atoms with Gasteiger partial charge in [0.05, 0.1) is 0 Å². The summed E-state index contributed by atoms with van der Waals surface area (Å²) < 4.78 is 2.38. The molecule has 0 spiro atoms. The Hall–Kier alpha value is 0.0771. The van der Waals surface area contributed by atoms with Crippen molar-refractivity contribution >= 4 is 71.2 Å². The molecule has 21 heavy (non-hydrogen) atoms. The predicted octanol–water partition coefficient (Wildman–Crippen LogP) is 0.378. The van der Waals surface area contributed by atoms with E-state index in [1.165, 1.54) is 8.70 Å². The van der Waals surface area contributed by atoms with Crippen LogP contribution in [0.2, 0.25) is 0 Å². The van der Waals surface area contributed by atoms with Crippen molar-refractivity contribution in [3.8, 4) is 11.5 Å². The molecule has 0 fully saturated rings. The Bertz CT molecular complexity index is 577. The first-order valence-corrected chi connectivity index (χ1v) is 12.2. The molecule has 0 aliphatic carbocycles. The summed E-state index contributed by atoms with van der Waals surface area (Å²) in [6.45, 7) is 0. The number of nitrogens with two attached hydrogens (primary N) is 2. The van der Waals surface area contributed by atoms with E-state index < -0.39 is 0 Å². The summed E-state index contributed by atoms with van der Waals surface area (Å²) >= 11 is 0.0278. The molecule has 119 valence electrons. The van der Waals surface area contributed by atoms with Crippen molar-refractivity contribution in [1.82, 2.24) is 0 Å². The van der Waals surface area contributed by atoms with Crippen molar-refractivity contribution in [2.75, 3.05) is 11.5 Å². The quantitative estimate of drug-likeness (QED) is 0.249. The molecule has 0 saturated heterocycles. The molecule has 2 aromatic rings. The Morgan fingerprint density at radius 3 is 1.33 bits per heavy atom. The average Bonchev–Trinajstić information content (AvgIpc) is 2.35. The molecule has 0 aromatic heterocycles. The third kappa shape index (κ3) is 6.79. The summed E-state index contributed by atoms with van der Waals surface area (Å²) in [5.74, 6) is 0.259. The van der Waals surface area contributed by atoms with Crippen LogP contribution in [0, 0.1) is 0 Å². The zero-order valence-electron chi connectivity index (χ0n) is 10.5. The number of halogens is 2. The van der Waals surface area contributed by atoms with Crippen molar-refractivity contribution in [2.45, 2.75) is 0 Å². The van der Waals surface area contributed by atoms with E-state index in [1.54, 1.807) is 12.1 Å². The van der Waals surface area contributed by atoms with E-state index in [0.717, 1.165) is 0 Å². The van der Waals surface area contributed by atoms with Gasteiger partial charge in [0.1, 0.15) is 0 Å². The minimum atomic E-state index is 0. The summed E-state index contributed by atoms with van der Waals surface area (Å²) in [5.41, 5.74) is 12.2. The standard InChI is InChI=1S/C12H12As2N2O2.Ag.2ClH/c15-9-5-7(1-3-11(9)17)13-14-8-2-4-12(18)10(16)6-8;;;/h1-6,17-18H,15-16H2;;2*1H. The van der Waals surface area contributed by atoms with Crippen LogP contribution in [0.4, 0.5) is 11.4 Å². The van der Waals surface area contributed by atoms with Crippen LogP contribution in [0.5, 0.6) is 11.5 Å². The van der Waals surface area contributed by atoms with Gasteiger partial charge in [-0.1, -0.05) is 0 Å². The van der Waals surface area contributed by atoms with Crippen molar-refractivity contribution in [1.29, 1.82) is 0 Å². The molecular weight excluding hydrogens is 533 g/mol. The van der Waals surface area contributed by atoms with Crippen LogP contribution in [-0.4, -0.2) is 36.5 Å². The summed E-state index contributed by atoms with van der Waals surface area (Å²) in [6, 6.07) is 10.7. The number of hydrogen-bond acceptors (Lipinski definition) is 4. The fourth-order valence-electron chi connectivity index (χ4n) is 1.32. The van der Waals surface area contributed by atoms with Gasteiger partial charge in [0.25, 0.3) is 0 Å². The van der Waals surface area contributed by atoms with Gasteiger partial charge in [0.2, 0.25) is 0 Å². The number of rotatable bonds is 2.